The van der Waals surface area contributed by atoms with E-state index in [9.17, 15) is 28.0 Å². The summed E-state index contributed by atoms with van der Waals surface area (Å²) in [5.74, 6) is -0.513. The van der Waals surface area contributed by atoms with Crippen molar-refractivity contribution in [2.24, 2.45) is 0 Å². The third kappa shape index (κ3) is 12.7. The van der Waals surface area contributed by atoms with Crippen molar-refractivity contribution in [3.05, 3.63) is 0 Å². The van der Waals surface area contributed by atoms with E-state index in [1.54, 1.807) is 9.48 Å². The van der Waals surface area contributed by atoms with E-state index in [0.717, 1.165) is 19.3 Å². The predicted molar refractivity (Wildman–Crippen MR) is 111 cm³/mol. The smallest absolute Gasteiger partial charge is 0.748 e. The Bertz CT molecular complexity index is 627. The zero-order valence-electron chi connectivity index (χ0n) is 18.7. The summed E-state index contributed by atoms with van der Waals surface area (Å²) < 4.78 is 34.2. The number of amidine groups is 1. The number of carbonyl (C=O) groups is 1. The molecule has 0 aromatic carbocycles. The molecule has 170 valence electrons. The van der Waals surface area contributed by atoms with Gasteiger partial charge in [-0.3, -0.25) is 14.3 Å². The van der Waals surface area contributed by atoms with Crippen LogP contribution in [0.1, 0.15) is 71.1 Å². The molecular weight excluding hydrogens is 419 g/mol. The van der Waals surface area contributed by atoms with E-state index in [4.69, 9.17) is 0 Å². The van der Waals surface area contributed by atoms with Crippen LogP contribution in [0.3, 0.4) is 0 Å². The first kappa shape index (κ1) is 30.0. The molecule has 2 N–H and O–H groups in total. The molecule has 0 saturated heterocycles. The maximum Gasteiger partial charge on any atom is 1.00 e. The number of nitrogens with zero attached hydrogens (tertiary/aromatic N) is 2. The first-order valence-electron chi connectivity index (χ1n) is 10.9. The van der Waals surface area contributed by atoms with Crippen molar-refractivity contribution in [2.45, 2.75) is 77.2 Å². The van der Waals surface area contributed by atoms with Gasteiger partial charge < -0.3 is 14.8 Å². The summed E-state index contributed by atoms with van der Waals surface area (Å²) in [4.78, 5) is 14.5. The molecule has 0 fully saturated rings. The Balaban J connectivity index is 0.00000841. The van der Waals surface area contributed by atoms with Gasteiger partial charge in [0.05, 0.1) is 22.5 Å². The van der Waals surface area contributed by atoms with E-state index in [1.165, 1.54) is 38.5 Å². The van der Waals surface area contributed by atoms with Gasteiger partial charge in [0.2, 0.25) is 5.78 Å². The van der Waals surface area contributed by atoms with Crippen molar-refractivity contribution < 1.29 is 62.1 Å². The van der Waals surface area contributed by atoms with Gasteiger partial charge in [-0.2, -0.15) is 0 Å². The second kappa shape index (κ2) is 16.6. The Morgan fingerprint density at radius 1 is 1.13 bits per heavy atom. The van der Waals surface area contributed by atoms with Crippen LogP contribution in [-0.4, -0.2) is 88.9 Å². The van der Waals surface area contributed by atoms with Crippen LogP contribution in [-0.2, 0) is 14.9 Å². The van der Waals surface area contributed by atoms with E-state index in [2.05, 4.69) is 6.92 Å². The number of β-amino-alcohol motifs (C(OH)–C–C–N with tert-alkyl or cyclic N) is 2. The van der Waals surface area contributed by atoms with Crippen LogP contribution < -0.4 is 29.6 Å². The number of aliphatic hydroxyl groups excluding tert-OH is 2. The quantitative estimate of drug-likeness (QED) is 0.113. The number of Topliss-reactive ketones (excluding diaryl/α,β-unsaturated/α-hetero) is 1. The summed E-state index contributed by atoms with van der Waals surface area (Å²) in [5.41, 5.74) is 0. The van der Waals surface area contributed by atoms with Crippen LogP contribution in [0.15, 0.2) is 0 Å². The minimum atomic E-state index is -4.53. The maximum absolute atomic E-state index is 12.8. The number of ketones is 1. The van der Waals surface area contributed by atoms with Gasteiger partial charge in [-0.1, -0.05) is 58.3 Å². The van der Waals surface area contributed by atoms with Crippen LogP contribution >= 0.6 is 0 Å². The summed E-state index contributed by atoms with van der Waals surface area (Å²) in [5, 5.41) is 19.1. The normalized spacial score (nSPS) is 15.4. The van der Waals surface area contributed by atoms with Crippen molar-refractivity contribution in [3.63, 3.8) is 0 Å². The van der Waals surface area contributed by atoms with Crippen LogP contribution in [0.25, 0.3) is 0 Å². The van der Waals surface area contributed by atoms with Gasteiger partial charge in [-0.15, -0.1) is 0 Å². The van der Waals surface area contributed by atoms with Crippen LogP contribution in [0, 0.1) is 0 Å². The van der Waals surface area contributed by atoms with Crippen LogP contribution in [0.5, 0.6) is 0 Å². The van der Waals surface area contributed by atoms with E-state index in [1.807, 2.05) is 0 Å². The average molecular weight is 458 g/mol. The summed E-state index contributed by atoms with van der Waals surface area (Å²) in [6.07, 6.45) is 9.47. The van der Waals surface area contributed by atoms with Gasteiger partial charge in [0.1, 0.15) is 32.3 Å². The summed E-state index contributed by atoms with van der Waals surface area (Å²) in [6, 6.07) is 0. The van der Waals surface area contributed by atoms with Gasteiger partial charge in [0, 0.05) is 6.42 Å². The van der Waals surface area contributed by atoms with Gasteiger partial charge in [-0.05, 0) is 6.42 Å². The van der Waals surface area contributed by atoms with E-state index >= 15 is 0 Å². The Labute approximate surface area is 203 Å². The summed E-state index contributed by atoms with van der Waals surface area (Å²) >= 11 is 0. The fraction of sp³-hybridized carbons (Fsp3) is 0.900. The molecule has 0 aromatic heterocycles. The average Bonchev–Trinajstić information content (AvgIpc) is 3.01. The molecular formula is C20H38N2NaO6S+. The molecule has 0 saturated carbocycles. The van der Waals surface area contributed by atoms with E-state index in [-0.39, 0.29) is 48.5 Å². The number of unbranched alkanes of at least 4 members (excludes halogenated alkanes) is 8. The molecule has 0 aliphatic carbocycles. The third-order valence-electron chi connectivity index (χ3n) is 5.19. The second-order valence-corrected chi connectivity index (χ2v) is 9.31. The molecule has 0 radical (unpaired) electrons. The largest absolute Gasteiger partial charge is 1.00 e. The maximum atomic E-state index is 12.8. The topological polar surface area (TPSA) is 121 Å². The summed E-state index contributed by atoms with van der Waals surface area (Å²) in [6.45, 7) is 3.31. The fourth-order valence-electron chi connectivity index (χ4n) is 3.77. The third-order valence-corrected chi connectivity index (χ3v) is 5.99. The first-order chi connectivity index (χ1) is 13.8. The number of hydrogen-bond donors (Lipinski definition) is 2. The molecule has 0 amide bonds. The van der Waals surface area contributed by atoms with Gasteiger partial charge in [0.15, 0.2) is 0 Å². The van der Waals surface area contributed by atoms with Crippen LogP contribution in [0.4, 0.5) is 0 Å². The van der Waals surface area contributed by atoms with Gasteiger partial charge >= 0.3 is 35.4 Å². The minimum Gasteiger partial charge on any atom is -0.748 e. The molecule has 1 unspecified atom stereocenters. The van der Waals surface area contributed by atoms with Crippen molar-refractivity contribution in [2.75, 3.05) is 38.5 Å². The Morgan fingerprint density at radius 3 is 2.23 bits per heavy atom. The number of carbonyl (C=O) groups excluding carboxylic acids is 1. The number of aliphatic hydroxyl groups is 2. The number of rotatable bonds is 17. The molecule has 1 aliphatic heterocycles. The Hall–Kier alpha value is -0.0300. The fourth-order valence-corrected chi connectivity index (χ4v) is 4.35. The van der Waals surface area contributed by atoms with Crippen molar-refractivity contribution >= 4 is 21.7 Å². The Morgan fingerprint density at radius 2 is 1.70 bits per heavy atom. The molecule has 0 bridgehead atoms. The molecule has 1 heterocycles. The SMILES string of the molecule is CCCCCCCCCCCC(=O)C1=[N+](CC(O)CS(=O)(=O)[O-])CCN1CCO.[Na+]. The molecule has 0 spiro atoms. The first-order valence-corrected chi connectivity index (χ1v) is 12.5. The molecule has 1 atom stereocenters. The Kier molecular flexibility index (Phi) is 16.6. The zero-order valence-corrected chi connectivity index (χ0v) is 21.5. The predicted octanol–water partition coefficient (Wildman–Crippen LogP) is -1.89. The molecule has 0 aromatic rings. The number of hydrogen-bond acceptors (Lipinski definition) is 7. The van der Waals surface area contributed by atoms with E-state index < -0.39 is 22.0 Å². The monoisotopic (exact) mass is 457 g/mol. The molecule has 1 aliphatic rings. The molecule has 30 heavy (non-hydrogen) atoms. The minimum absolute atomic E-state index is 0. The zero-order chi connectivity index (χ0) is 21.7. The molecule has 8 nitrogen and oxygen atoms in total. The van der Waals surface area contributed by atoms with Crippen molar-refractivity contribution in [3.8, 4) is 0 Å². The second-order valence-electron chi connectivity index (χ2n) is 7.86. The van der Waals surface area contributed by atoms with E-state index in [0.29, 0.717) is 31.9 Å². The standard InChI is InChI=1S/C20H38N2O6S.Na/c1-2-3-4-5-6-7-8-9-10-11-19(25)20-21(14-15-23)12-13-22(20)16-18(24)17-29(26,27)28;/h18,23-24H,2-17H2,1H3;/q;+1. The van der Waals surface area contributed by atoms with Crippen molar-refractivity contribution in [1.82, 2.24) is 4.90 Å². The van der Waals surface area contributed by atoms with Crippen molar-refractivity contribution in [1.29, 1.82) is 0 Å². The van der Waals surface area contributed by atoms with Gasteiger partial charge in [-0.25, -0.2) is 8.42 Å². The van der Waals surface area contributed by atoms with Crippen LogP contribution in [0.2, 0.25) is 0 Å². The van der Waals surface area contributed by atoms with Gasteiger partial charge in [0.25, 0.3) is 0 Å². The molecule has 10 heteroatoms. The molecule has 1 rings (SSSR count). The summed E-state index contributed by atoms with van der Waals surface area (Å²) in [7, 11) is -4.53.